The maximum Gasteiger partial charge on any atom is 0.224 e. The lowest BCUT2D eigenvalue weighted by molar-refractivity contribution is -0.201. The lowest BCUT2D eigenvalue weighted by Crippen LogP contribution is -2.60. The van der Waals surface area contributed by atoms with Gasteiger partial charge in [0.1, 0.15) is 5.72 Å². The first-order valence-corrected chi connectivity index (χ1v) is 15.0. The van der Waals surface area contributed by atoms with Gasteiger partial charge in [0.25, 0.3) is 0 Å². The molecule has 0 aromatic carbocycles. The van der Waals surface area contributed by atoms with Crippen LogP contribution in [0.4, 0.5) is 0 Å². The molecule has 0 aromatic heterocycles. The fourth-order valence-corrected chi connectivity index (χ4v) is 10.7. The van der Waals surface area contributed by atoms with E-state index in [1.165, 1.54) is 32.1 Å². The van der Waals surface area contributed by atoms with Crippen LogP contribution in [0.2, 0.25) is 0 Å². The number of aliphatic hydroxyl groups is 1. The molecule has 4 heteroatoms. The van der Waals surface area contributed by atoms with Crippen LogP contribution in [0.3, 0.4) is 0 Å². The van der Waals surface area contributed by atoms with Gasteiger partial charge in [-0.3, -0.25) is 4.79 Å². The monoisotopic (exact) mass is 483 g/mol. The molecule has 11 unspecified atom stereocenters. The van der Waals surface area contributed by atoms with Crippen LogP contribution in [0, 0.1) is 46.3 Å². The van der Waals surface area contributed by atoms with Crippen molar-refractivity contribution >= 4 is 5.91 Å². The molecule has 2 aliphatic heterocycles. The topological polar surface area (TPSA) is 49.8 Å². The van der Waals surface area contributed by atoms with E-state index in [0.717, 1.165) is 56.4 Å². The van der Waals surface area contributed by atoms with Crippen molar-refractivity contribution in [1.82, 2.24) is 4.90 Å². The third-order valence-corrected chi connectivity index (χ3v) is 12.5. The van der Waals surface area contributed by atoms with Gasteiger partial charge in [0.2, 0.25) is 5.91 Å². The molecule has 2 heterocycles. The van der Waals surface area contributed by atoms with E-state index in [0.29, 0.717) is 41.6 Å². The molecule has 11 atom stereocenters. The van der Waals surface area contributed by atoms with Crippen LogP contribution in [0.15, 0.2) is 11.6 Å². The standard InChI is InChI=1S/C31H49NO3/c1-6-7-27(34)32-18-19(2)10-15-31(32)20(3)28-26(35-31)17-25-23-9-8-21-16-22(33)11-13-29(21,4)24(23)12-14-30(25,28)5/h8,19-20,22-26,28,33H,6-7,9-18H2,1-5H3. The van der Waals surface area contributed by atoms with Crippen molar-refractivity contribution in [2.45, 2.75) is 123 Å². The van der Waals surface area contributed by atoms with Gasteiger partial charge >= 0.3 is 0 Å². The summed E-state index contributed by atoms with van der Waals surface area (Å²) < 4.78 is 7.19. The van der Waals surface area contributed by atoms with Crippen LogP contribution >= 0.6 is 0 Å². The average Bonchev–Trinajstić information content (AvgIpc) is 3.27. The van der Waals surface area contributed by atoms with Crippen molar-refractivity contribution in [3.8, 4) is 0 Å². The zero-order chi connectivity index (χ0) is 24.8. The van der Waals surface area contributed by atoms with Crippen molar-refractivity contribution in [3.63, 3.8) is 0 Å². The van der Waals surface area contributed by atoms with Crippen LogP contribution in [-0.4, -0.2) is 40.4 Å². The number of hydrogen-bond acceptors (Lipinski definition) is 3. The van der Waals surface area contributed by atoms with Crippen molar-refractivity contribution in [1.29, 1.82) is 0 Å². The Hall–Kier alpha value is -0.870. The first kappa shape index (κ1) is 24.5. The molecule has 5 fully saturated rings. The van der Waals surface area contributed by atoms with Crippen molar-refractivity contribution in [2.75, 3.05) is 6.54 Å². The highest BCUT2D eigenvalue weighted by Gasteiger charge is 2.69. The first-order valence-electron chi connectivity index (χ1n) is 15.0. The van der Waals surface area contributed by atoms with E-state index < -0.39 is 0 Å². The summed E-state index contributed by atoms with van der Waals surface area (Å²) in [5.74, 6) is 4.07. The maximum absolute atomic E-state index is 13.3. The van der Waals surface area contributed by atoms with E-state index >= 15 is 0 Å². The Balaban J connectivity index is 1.29. The summed E-state index contributed by atoms with van der Waals surface area (Å²) in [4.78, 5) is 15.5. The largest absolute Gasteiger partial charge is 0.393 e. The zero-order valence-electron chi connectivity index (χ0n) is 22.9. The van der Waals surface area contributed by atoms with Gasteiger partial charge in [0, 0.05) is 18.9 Å². The number of carbonyl (C=O) groups is 1. The Morgan fingerprint density at radius 1 is 1.14 bits per heavy atom. The Bertz CT molecular complexity index is 900. The number of rotatable bonds is 2. The first-order chi connectivity index (χ1) is 16.6. The summed E-state index contributed by atoms with van der Waals surface area (Å²) in [6.07, 6.45) is 14.5. The predicted octanol–water partition coefficient (Wildman–Crippen LogP) is 6.33. The molecular weight excluding hydrogens is 434 g/mol. The zero-order valence-corrected chi connectivity index (χ0v) is 22.9. The van der Waals surface area contributed by atoms with Gasteiger partial charge in [-0.25, -0.2) is 0 Å². The summed E-state index contributed by atoms with van der Waals surface area (Å²) in [7, 11) is 0. The summed E-state index contributed by atoms with van der Waals surface area (Å²) in [5.41, 5.74) is 1.79. The molecule has 3 saturated carbocycles. The number of ether oxygens (including phenoxy) is 1. The minimum absolute atomic E-state index is 0.132. The second-order valence-electron chi connectivity index (χ2n) is 14.1. The van der Waals surface area contributed by atoms with Crippen LogP contribution in [0.25, 0.3) is 0 Å². The molecule has 4 nitrogen and oxygen atoms in total. The highest BCUT2D eigenvalue weighted by atomic mass is 16.5. The summed E-state index contributed by atoms with van der Waals surface area (Å²) in [5, 5.41) is 10.3. The Morgan fingerprint density at radius 3 is 2.71 bits per heavy atom. The Kier molecular flexibility index (Phi) is 5.81. The minimum atomic E-state index is -0.371. The molecule has 0 aromatic rings. The van der Waals surface area contributed by atoms with E-state index in [2.05, 4.69) is 45.6 Å². The molecule has 1 spiro atoms. The van der Waals surface area contributed by atoms with Crippen molar-refractivity contribution in [2.24, 2.45) is 46.3 Å². The number of nitrogens with zero attached hydrogens (tertiary/aromatic N) is 1. The van der Waals surface area contributed by atoms with Crippen molar-refractivity contribution < 1.29 is 14.6 Å². The second kappa shape index (κ2) is 8.32. The quantitative estimate of drug-likeness (QED) is 0.467. The molecule has 0 bridgehead atoms. The third kappa shape index (κ3) is 3.33. The van der Waals surface area contributed by atoms with Crippen molar-refractivity contribution in [3.05, 3.63) is 11.6 Å². The van der Waals surface area contributed by atoms with E-state index in [4.69, 9.17) is 4.74 Å². The molecule has 1 amide bonds. The highest BCUT2D eigenvalue weighted by molar-refractivity contribution is 5.77. The van der Waals surface area contributed by atoms with Gasteiger partial charge in [-0.2, -0.15) is 0 Å². The number of carbonyl (C=O) groups excluding carboxylic acids is 1. The Labute approximate surface area is 213 Å². The number of likely N-dealkylation sites (tertiary alicyclic amines) is 1. The number of aliphatic hydroxyl groups excluding tert-OH is 1. The van der Waals surface area contributed by atoms with Crippen LogP contribution in [0.1, 0.15) is 105 Å². The normalized spacial score (nSPS) is 53.0. The molecule has 6 rings (SSSR count). The molecular formula is C31H49NO3. The van der Waals surface area contributed by atoms with E-state index in [1.807, 2.05) is 0 Å². The van der Waals surface area contributed by atoms with Crippen LogP contribution in [0.5, 0.6) is 0 Å². The lowest BCUT2D eigenvalue weighted by Gasteiger charge is -2.59. The van der Waals surface area contributed by atoms with Gasteiger partial charge in [0.05, 0.1) is 12.2 Å². The van der Waals surface area contributed by atoms with E-state index in [1.54, 1.807) is 5.57 Å². The van der Waals surface area contributed by atoms with Crippen LogP contribution < -0.4 is 0 Å². The lowest BCUT2D eigenvalue weighted by atomic mass is 9.47. The highest BCUT2D eigenvalue weighted by Crippen LogP contribution is 2.70. The molecule has 0 radical (unpaired) electrons. The number of piperidine rings is 1. The summed E-state index contributed by atoms with van der Waals surface area (Å²) in [6.45, 7) is 12.9. The molecule has 6 aliphatic rings. The Morgan fingerprint density at radius 2 is 1.94 bits per heavy atom. The predicted molar refractivity (Wildman–Crippen MR) is 138 cm³/mol. The molecule has 35 heavy (non-hydrogen) atoms. The van der Waals surface area contributed by atoms with Gasteiger partial charge in [-0.05, 0) is 105 Å². The van der Waals surface area contributed by atoms with Gasteiger partial charge in [0.15, 0.2) is 0 Å². The van der Waals surface area contributed by atoms with Crippen LogP contribution in [-0.2, 0) is 9.53 Å². The smallest absolute Gasteiger partial charge is 0.224 e. The molecule has 1 N–H and O–H groups in total. The average molecular weight is 484 g/mol. The minimum Gasteiger partial charge on any atom is -0.393 e. The fourth-order valence-electron chi connectivity index (χ4n) is 10.7. The number of amides is 1. The van der Waals surface area contributed by atoms with E-state index in [9.17, 15) is 9.90 Å². The summed E-state index contributed by atoms with van der Waals surface area (Å²) in [6, 6.07) is 0. The SMILES string of the molecule is CCCC(=O)N1CC(C)CCC12OC1CC3C4CC=C5CC(O)CCC5(C)C4CCC3(C)C1C2C. The van der Waals surface area contributed by atoms with Gasteiger partial charge in [-0.1, -0.05) is 46.3 Å². The number of hydrogen-bond donors (Lipinski definition) is 1. The number of allylic oxidation sites excluding steroid dienone is 1. The second-order valence-corrected chi connectivity index (χ2v) is 14.1. The fraction of sp³-hybridized carbons (Fsp3) is 0.903. The third-order valence-electron chi connectivity index (χ3n) is 12.5. The molecule has 196 valence electrons. The van der Waals surface area contributed by atoms with E-state index in [-0.39, 0.29) is 17.2 Å². The summed E-state index contributed by atoms with van der Waals surface area (Å²) >= 11 is 0. The number of fused-ring (bicyclic) bond motifs is 7. The van der Waals surface area contributed by atoms with Gasteiger partial charge in [-0.15, -0.1) is 0 Å². The molecule has 2 saturated heterocycles. The van der Waals surface area contributed by atoms with Gasteiger partial charge < -0.3 is 14.7 Å². The maximum atomic E-state index is 13.3. The molecule has 4 aliphatic carbocycles.